The van der Waals surface area contributed by atoms with Crippen LogP contribution in [0.2, 0.25) is 0 Å². The molecule has 0 radical (unpaired) electrons. The molecule has 35 heavy (non-hydrogen) atoms. The molecule has 0 atom stereocenters. The Morgan fingerprint density at radius 3 is 2.34 bits per heavy atom. The van der Waals surface area contributed by atoms with Crippen molar-refractivity contribution in [3.8, 4) is 16.9 Å². The summed E-state index contributed by atoms with van der Waals surface area (Å²) in [7, 11) is 0. The van der Waals surface area contributed by atoms with Crippen LogP contribution in [-0.2, 0) is 22.6 Å². The fraction of sp³-hybridized carbons (Fsp3) is 0.241. The SMILES string of the molecule is CC(C)(C)OC(=O)n1ccc2cc(-c3cccc(COc4ccc(CCC(=O)O)cc4)c3)ccc21. The van der Waals surface area contributed by atoms with Crippen molar-refractivity contribution in [3.63, 3.8) is 0 Å². The number of hydrogen-bond donors (Lipinski definition) is 1. The predicted octanol–water partition coefficient (Wildman–Crippen LogP) is 6.69. The Hall–Kier alpha value is -4.06. The number of aliphatic carboxylic acids is 1. The molecule has 0 aliphatic carbocycles. The second-order valence-electron chi connectivity index (χ2n) is 9.47. The minimum atomic E-state index is -0.801. The number of hydrogen-bond acceptors (Lipinski definition) is 4. The van der Waals surface area contributed by atoms with Crippen molar-refractivity contribution in [3.05, 3.63) is 90.1 Å². The first-order valence-corrected chi connectivity index (χ1v) is 11.6. The van der Waals surface area contributed by atoms with E-state index in [1.54, 1.807) is 6.20 Å². The Morgan fingerprint density at radius 1 is 0.886 bits per heavy atom. The van der Waals surface area contributed by atoms with Crippen LogP contribution in [0.25, 0.3) is 22.0 Å². The monoisotopic (exact) mass is 471 g/mol. The summed E-state index contributed by atoms with van der Waals surface area (Å²) >= 11 is 0. The van der Waals surface area contributed by atoms with Crippen LogP contribution >= 0.6 is 0 Å². The lowest BCUT2D eigenvalue weighted by molar-refractivity contribution is -0.136. The number of carbonyl (C=O) groups is 2. The maximum atomic E-state index is 12.5. The molecule has 0 aliphatic rings. The van der Waals surface area contributed by atoms with E-state index in [9.17, 15) is 9.59 Å². The van der Waals surface area contributed by atoms with Crippen LogP contribution in [0.4, 0.5) is 4.79 Å². The van der Waals surface area contributed by atoms with Gasteiger partial charge >= 0.3 is 12.1 Å². The van der Waals surface area contributed by atoms with Crippen LogP contribution in [0.5, 0.6) is 5.75 Å². The Labute approximate surface area is 204 Å². The lowest BCUT2D eigenvalue weighted by atomic mass is 10.0. The molecule has 0 saturated carbocycles. The van der Waals surface area contributed by atoms with E-state index >= 15 is 0 Å². The summed E-state index contributed by atoms with van der Waals surface area (Å²) in [4.78, 5) is 23.2. The number of carboxylic acid groups (broad SMARTS) is 1. The number of rotatable bonds is 7. The Bertz CT molecular complexity index is 1350. The number of ether oxygens (including phenoxy) is 2. The van der Waals surface area contributed by atoms with Gasteiger partial charge in [0.25, 0.3) is 0 Å². The molecule has 0 spiro atoms. The van der Waals surface area contributed by atoms with Crippen molar-refractivity contribution in [1.29, 1.82) is 0 Å². The summed E-state index contributed by atoms with van der Waals surface area (Å²) in [6.45, 7) is 5.97. The minimum Gasteiger partial charge on any atom is -0.489 e. The zero-order valence-corrected chi connectivity index (χ0v) is 20.2. The van der Waals surface area contributed by atoms with Gasteiger partial charge in [0.2, 0.25) is 0 Å². The molecule has 0 fully saturated rings. The van der Waals surface area contributed by atoms with Crippen molar-refractivity contribution >= 4 is 23.0 Å². The zero-order chi connectivity index (χ0) is 25.0. The van der Waals surface area contributed by atoms with Gasteiger partial charge in [-0.25, -0.2) is 4.79 Å². The maximum Gasteiger partial charge on any atom is 0.418 e. The van der Waals surface area contributed by atoms with E-state index < -0.39 is 17.7 Å². The van der Waals surface area contributed by atoms with Gasteiger partial charge in [0, 0.05) is 18.0 Å². The number of fused-ring (bicyclic) bond motifs is 1. The maximum absolute atomic E-state index is 12.5. The molecule has 0 amide bonds. The molecule has 1 aromatic heterocycles. The zero-order valence-electron chi connectivity index (χ0n) is 20.2. The number of aromatic nitrogens is 1. The van der Waals surface area contributed by atoms with Gasteiger partial charge < -0.3 is 14.6 Å². The Kier molecular flexibility index (Phi) is 6.92. The highest BCUT2D eigenvalue weighted by molar-refractivity contribution is 5.92. The highest BCUT2D eigenvalue weighted by Crippen LogP contribution is 2.27. The third kappa shape index (κ3) is 6.29. The third-order valence-electron chi connectivity index (χ3n) is 5.50. The lowest BCUT2D eigenvalue weighted by Crippen LogP contribution is -2.26. The van der Waals surface area contributed by atoms with Crippen LogP contribution < -0.4 is 4.74 Å². The molecule has 1 heterocycles. The molecular formula is C29H29NO5. The summed E-state index contributed by atoms with van der Waals surface area (Å²) in [6.07, 6.45) is 1.96. The van der Waals surface area contributed by atoms with Crippen LogP contribution in [0, 0.1) is 0 Å². The van der Waals surface area contributed by atoms with E-state index in [0.717, 1.165) is 38.9 Å². The van der Waals surface area contributed by atoms with E-state index in [1.807, 2.05) is 81.4 Å². The summed E-state index contributed by atoms with van der Waals surface area (Å²) in [5, 5.41) is 9.77. The quantitative estimate of drug-likeness (QED) is 0.325. The fourth-order valence-corrected chi connectivity index (χ4v) is 3.80. The number of nitrogens with zero attached hydrogens (tertiary/aromatic N) is 1. The van der Waals surface area contributed by atoms with E-state index in [1.165, 1.54) is 4.57 Å². The van der Waals surface area contributed by atoms with Gasteiger partial charge in [-0.05, 0) is 85.8 Å². The molecule has 180 valence electrons. The molecule has 0 bridgehead atoms. The van der Waals surface area contributed by atoms with Gasteiger partial charge in [-0.15, -0.1) is 0 Å². The summed E-state index contributed by atoms with van der Waals surface area (Å²) in [6, 6.07) is 23.6. The van der Waals surface area contributed by atoms with Gasteiger partial charge in [-0.1, -0.05) is 36.4 Å². The summed E-state index contributed by atoms with van der Waals surface area (Å²) in [5.41, 5.74) is 4.35. The van der Waals surface area contributed by atoms with Crippen LogP contribution in [0.3, 0.4) is 0 Å². The standard InChI is InChI=1S/C29H29NO5/c1-29(2,3)35-28(33)30-16-15-24-18-23(10-13-26(24)30)22-6-4-5-21(17-22)19-34-25-11-7-20(8-12-25)9-14-27(31)32/h4-8,10-13,15-18H,9,14,19H2,1-3H3,(H,31,32). The smallest absolute Gasteiger partial charge is 0.418 e. The predicted molar refractivity (Wildman–Crippen MR) is 136 cm³/mol. The summed E-state index contributed by atoms with van der Waals surface area (Å²) < 4.78 is 13.0. The van der Waals surface area contributed by atoms with Gasteiger partial charge in [-0.2, -0.15) is 0 Å². The largest absolute Gasteiger partial charge is 0.489 e. The van der Waals surface area contributed by atoms with Gasteiger partial charge in [0.05, 0.1) is 5.52 Å². The van der Waals surface area contributed by atoms with Crippen molar-refractivity contribution in [2.75, 3.05) is 0 Å². The summed E-state index contributed by atoms with van der Waals surface area (Å²) in [5.74, 6) is -0.0654. The van der Waals surface area contributed by atoms with E-state index in [-0.39, 0.29) is 6.42 Å². The first kappa shape index (κ1) is 24.1. The van der Waals surface area contributed by atoms with Crippen molar-refractivity contribution in [1.82, 2.24) is 4.57 Å². The van der Waals surface area contributed by atoms with Crippen molar-refractivity contribution in [2.24, 2.45) is 0 Å². The van der Waals surface area contributed by atoms with Crippen molar-refractivity contribution in [2.45, 2.75) is 45.8 Å². The third-order valence-corrected chi connectivity index (χ3v) is 5.50. The second kappa shape index (κ2) is 10.1. The fourth-order valence-electron chi connectivity index (χ4n) is 3.80. The van der Waals surface area contributed by atoms with E-state index in [0.29, 0.717) is 13.0 Å². The van der Waals surface area contributed by atoms with Crippen molar-refractivity contribution < 1.29 is 24.2 Å². The van der Waals surface area contributed by atoms with E-state index in [4.69, 9.17) is 14.6 Å². The Balaban J connectivity index is 1.45. The molecular weight excluding hydrogens is 442 g/mol. The number of aryl methyl sites for hydroxylation is 1. The molecule has 3 aromatic carbocycles. The number of carbonyl (C=O) groups excluding carboxylic acids is 1. The van der Waals surface area contributed by atoms with Gasteiger partial charge in [-0.3, -0.25) is 9.36 Å². The molecule has 4 aromatic rings. The average molecular weight is 472 g/mol. The van der Waals surface area contributed by atoms with Crippen LogP contribution in [0.15, 0.2) is 79.0 Å². The lowest BCUT2D eigenvalue weighted by Gasteiger charge is -2.19. The second-order valence-corrected chi connectivity index (χ2v) is 9.47. The van der Waals surface area contributed by atoms with Crippen LogP contribution in [0.1, 0.15) is 38.3 Å². The first-order chi connectivity index (χ1) is 16.7. The molecule has 0 unspecified atom stereocenters. The molecule has 6 nitrogen and oxygen atoms in total. The molecule has 0 aliphatic heterocycles. The van der Waals surface area contributed by atoms with Gasteiger partial charge in [0.1, 0.15) is 18.0 Å². The minimum absolute atomic E-state index is 0.116. The highest BCUT2D eigenvalue weighted by atomic mass is 16.6. The van der Waals surface area contributed by atoms with E-state index in [2.05, 4.69) is 12.1 Å². The molecule has 4 rings (SSSR count). The topological polar surface area (TPSA) is 77.8 Å². The molecule has 6 heteroatoms. The highest BCUT2D eigenvalue weighted by Gasteiger charge is 2.19. The first-order valence-electron chi connectivity index (χ1n) is 11.6. The Morgan fingerprint density at radius 2 is 1.63 bits per heavy atom. The van der Waals surface area contributed by atoms with Gasteiger partial charge in [0.15, 0.2) is 0 Å². The average Bonchev–Trinajstić information content (AvgIpc) is 3.25. The molecule has 0 saturated heterocycles. The normalized spacial score (nSPS) is 11.4. The number of benzene rings is 3. The number of carboxylic acids is 1. The molecule has 1 N–H and O–H groups in total. The van der Waals surface area contributed by atoms with Crippen LogP contribution in [-0.4, -0.2) is 27.3 Å².